The lowest BCUT2D eigenvalue weighted by atomic mass is 10.2. The number of pyridine rings is 1. The van der Waals surface area contributed by atoms with Gasteiger partial charge in [-0.2, -0.15) is 0 Å². The number of esters is 1. The third-order valence-electron chi connectivity index (χ3n) is 4.14. The van der Waals surface area contributed by atoms with Crippen molar-refractivity contribution >= 4 is 34.7 Å². The molecule has 1 saturated heterocycles. The van der Waals surface area contributed by atoms with Crippen LogP contribution in [-0.2, 0) is 9.53 Å². The van der Waals surface area contributed by atoms with Crippen LogP contribution >= 0.6 is 0 Å². The number of benzene rings is 2. The molecule has 4 rings (SSSR count). The summed E-state index contributed by atoms with van der Waals surface area (Å²) in [6, 6.07) is 18.3. The van der Waals surface area contributed by atoms with Gasteiger partial charge in [-0.05, 0) is 42.5 Å². The molecule has 1 amide bonds. The molecule has 134 valence electrons. The fourth-order valence-electron chi connectivity index (χ4n) is 2.80. The Balaban J connectivity index is 1.41. The molecule has 0 atom stereocenters. The highest BCUT2D eigenvalue weighted by atomic mass is 16.6. The van der Waals surface area contributed by atoms with Gasteiger partial charge in [-0.25, -0.2) is 14.6 Å². The first-order valence-corrected chi connectivity index (χ1v) is 8.49. The first-order valence-electron chi connectivity index (χ1n) is 8.49. The van der Waals surface area contributed by atoms with Crippen LogP contribution in [-0.4, -0.2) is 30.2 Å². The minimum Gasteiger partial charge on any atom is -0.447 e. The molecular formula is C21H16N2O4. The molecule has 2 aromatic carbocycles. The molecule has 6 heteroatoms. The van der Waals surface area contributed by atoms with Gasteiger partial charge in [-0.1, -0.05) is 24.3 Å². The average Bonchev–Trinajstić information content (AvgIpc) is 3.13. The molecule has 1 aliphatic heterocycles. The lowest BCUT2D eigenvalue weighted by Gasteiger charge is -2.12. The van der Waals surface area contributed by atoms with Gasteiger partial charge >= 0.3 is 12.1 Å². The second-order valence-corrected chi connectivity index (χ2v) is 5.94. The molecule has 27 heavy (non-hydrogen) atoms. The Kier molecular flexibility index (Phi) is 4.53. The second-order valence-electron chi connectivity index (χ2n) is 5.94. The Morgan fingerprint density at radius 2 is 1.89 bits per heavy atom. The maximum absolute atomic E-state index is 12.0. The number of para-hydroxylation sites is 1. The van der Waals surface area contributed by atoms with E-state index in [1.54, 1.807) is 30.3 Å². The number of carbonyl (C=O) groups excluding carboxylic acids is 2. The molecule has 1 aromatic heterocycles. The normalized spacial score (nSPS) is 13.9. The summed E-state index contributed by atoms with van der Waals surface area (Å²) >= 11 is 0. The van der Waals surface area contributed by atoms with Crippen LogP contribution in [0.1, 0.15) is 5.69 Å². The van der Waals surface area contributed by atoms with Gasteiger partial charge in [0.25, 0.3) is 0 Å². The molecule has 3 aromatic rings. The van der Waals surface area contributed by atoms with Gasteiger partial charge in [0.15, 0.2) is 0 Å². The van der Waals surface area contributed by atoms with Crippen LogP contribution in [0.4, 0.5) is 10.5 Å². The van der Waals surface area contributed by atoms with Crippen molar-refractivity contribution in [3.63, 3.8) is 0 Å². The van der Waals surface area contributed by atoms with E-state index in [9.17, 15) is 9.59 Å². The van der Waals surface area contributed by atoms with E-state index in [0.29, 0.717) is 30.3 Å². The highest BCUT2D eigenvalue weighted by molar-refractivity contribution is 5.90. The monoisotopic (exact) mass is 360 g/mol. The van der Waals surface area contributed by atoms with E-state index in [-0.39, 0.29) is 6.09 Å². The molecule has 6 nitrogen and oxygen atoms in total. The van der Waals surface area contributed by atoms with Crippen molar-refractivity contribution in [3.8, 4) is 5.75 Å². The summed E-state index contributed by atoms with van der Waals surface area (Å²) in [4.78, 5) is 29.6. The molecule has 0 spiro atoms. The quantitative estimate of drug-likeness (QED) is 0.402. The lowest BCUT2D eigenvalue weighted by Crippen LogP contribution is -2.23. The van der Waals surface area contributed by atoms with E-state index in [1.807, 2.05) is 36.4 Å². The predicted octanol–water partition coefficient (Wildman–Crippen LogP) is 3.81. The number of hydrogen-bond acceptors (Lipinski definition) is 5. The van der Waals surface area contributed by atoms with Crippen LogP contribution in [0.5, 0.6) is 5.75 Å². The summed E-state index contributed by atoms with van der Waals surface area (Å²) in [5.41, 5.74) is 2.24. The molecule has 0 unspecified atom stereocenters. The van der Waals surface area contributed by atoms with Gasteiger partial charge < -0.3 is 9.47 Å². The largest absolute Gasteiger partial charge is 0.447 e. The molecule has 1 fully saturated rings. The summed E-state index contributed by atoms with van der Waals surface area (Å²) in [5.74, 6) is -0.106. The van der Waals surface area contributed by atoms with E-state index < -0.39 is 5.97 Å². The zero-order chi connectivity index (χ0) is 18.6. The Bertz CT molecular complexity index is 1030. The number of hydrogen-bond donors (Lipinski definition) is 0. The Morgan fingerprint density at radius 3 is 2.67 bits per heavy atom. The number of anilines is 1. The van der Waals surface area contributed by atoms with E-state index in [0.717, 1.165) is 10.9 Å². The molecule has 0 bridgehead atoms. The molecule has 0 N–H and O–H groups in total. The first kappa shape index (κ1) is 16.8. The molecule has 1 aliphatic rings. The zero-order valence-electron chi connectivity index (χ0n) is 14.4. The van der Waals surface area contributed by atoms with Crippen molar-refractivity contribution in [1.82, 2.24) is 4.98 Å². The van der Waals surface area contributed by atoms with Gasteiger partial charge in [0, 0.05) is 17.1 Å². The molecule has 0 aliphatic carbocycles. The summed E-state index contributed by atoms with van der Waals surface area (Å²) in [6.07, 6.45) is 2.58. The van der Waals surface area contributed by atoms with E-state index in [2.05, 4.69) is 4.98 Å². The van der Waals surface area contributed by atoms with Gasteiger partial charge in [0.2, 0.25) is 0 Å². The van der Waals surface area contributed by atoms with Crippen molar-refractivity contribution in [2.45, 2.75) is 0 Å². The summed E-state index contributed by atoms with van der Waals surface area (Å²) < 4.78 is 10.2. The number of rotatable bonds is 4. The van der Waals surface area contributed by atoms with Crippen molar-refractivity contribution < 1.29 is 19.1 Å². The molecule has 2 heterocycles. The molecule has 0 radical (unpaired) electrons. The highest BCUT2D eigenvalue weighted by Gasteiger charge is 2.23. The van der Waals surface area contributed by atoms with Gasteiger partial charge in [-0.3, -0.25) is 4.90 Å². The smallest absolute Gasteiger partial charge is 0.414 e. The number of nitrogens with zero attached hydrogens (tertiary/aromatic N) is 2. The Labute approximate surface area is 155 Å². The standard InChI is InChI=1S/C21H16N2O4/c24-20(12-7-16-6-5-15-3-1-2-4-19(15)22-16)27-18-10-8-17(9-11-18)23-13-14-26-21(23)25/h1-12H,13-14H2. The fraction of sp³-hybridized carbons (Fsp3) is 0.0952. The zero-order valence-corrected chi connectivity index (χ0v) is 14.4. The van der Waals surface area contributed by atoms with Crippen LogP contribution in [0.2, 0.25) is 0 Å². The fourth-order valence-corrected chi connectivity index (χ4v) is 2.80. The average molecular weight is 360 g/mol. The van der Waals surface area contributed by atoms with Gasteiger partial charge in [-0.15, -0.1) is 0 Å². The first-order chi connectivity index (χ1) is 13.2. The number of ether oxygens (including phenoxy) is 2. The van der Waals surface area contributed by atoms with Crippen LogP contribution in [0, 0.1) is 0 Å². The second kappa shape index (κ2) is 7.29. The summed E-state index contributed by atoms with van der Waals surface area (Å²) in [7, 11) is 0. The number of carbonyl (C=O) groups is 2. The Hall–Kier alpha value is -3.67. The SMILES string of the molecule is O=C(C=Cc1ccc2ccccc2n1)Oc1ccc(N2CCOC2=O)cc1. The van der Waals surface area contributed by atoms with Gasteiger partial charge in [0.05, 0.1) is 17.8 Å². The summed E-state index contributed by atoms with van der Waals surface area (Å²) in [5, 5.41) is 1.04. The molecular weight excluding hydrogens is 344 g/mol. The third kappa shape index (κ3) is 3.79. The predicted molar refractivity (Wildman–Crippen MR) is 102 cm³/mol. The third-order valence-corrected chi connectivity index (χ3v) is 4.14. The van der Waals surface area contributed by atoms with E-state index >= 15 is 0 Å². The summed E-state index contributed by atoms with van der Waals surface area (Å²) in [6.45, 7) is 0.892. The van der Waals surface area contributed by atoms with Crippen LogP contribution in [0.25, 0.3) is 17.0 Å². The molecule has 0 saturated carbocycles. The van der Waals surface area contributed by atoms with Crippen molar-refractivity contribution in [1.29, 1.82) is 0 Å². The number of cyclic esters (lactones) is 1. The number of fused-ring (bicyclic) bond motifs is 1. The minimum absolute atomic E-state index is 0.370. The van der Waals surface area contributed by atoms with E-state index in [1.165, 1.54) is 11.0 Å². The topological polar surface area (TPSA) is 68.7 Å². The maximum atomic E-state index is 12.0. The minimum atomic E-state index is -0.502. The lowest BCUT2D eigenvalue weighted by molar-refractivity contribution is -0.128. The van der Waals surface area contributed by atoms with Crippen molar-refractivity contribution in [2.24, 2.45) is 0 Å². The van der Waals surface area contributed by atoms with Crippen LogP contribution in [0.15, 0.2) is 66.7 Å². The van der Waals surface area contributed by atoms with Crippen LogP contribution < -0.4 is 9.64 Å². The van der Waals surface area contributed by atoms with Gasteiger partial charge in [0.1, 0.15) is 12.4 Å². The maximum Gasteiger partial charge on any atom is 0.414 e. The highest BCUT2D eigenvalue weighted by Crippen LogP contribution is 2.22. The number of aromatic nitrogens is 1. The van der Waals surface area contributed by atoms with E-state index in [4.69, 9.17) is 9.47 Å². The number of amides is 1. The van der Waals surface area contributed by atoms with Crippen molar-refractivity contribution in [3.05, 3.63) is 72.4 Å². The van der Waals surface area contributed by atoms with Crippen molar-refractivity contribution in [2.75, 3.05) is 18.1 Å². The Morgan fingerprint density at radius 1 is 1.07 bits per heavy atom. The van der Waals surface area contributed by atoms with Crippen LogP contribution in [0.3, 0.4) is 0 Å².